The van der Waals surface area contributed by atoms with Gasteiger partial charge in [0.05, 0.1) is 21.8 Å². The normalized spacial score (nSPS) is 25.2. The number of benzene rings is 1. The molecule has 136 valence electrons. The number of aliphatic imine (C=N–C) groups is 1. The predicted octanol–water partition coefficient (Wildman–Crippen LogP) is 3.06. The molecule has 1 amide bonds. The summed E-state index contributed by atoms with van der Waals surface area (Å²) in [6, 6.07) is 6.28. The number of rotatable bonds is 3. The SMILES string of the molecule is COC1CCCC(NC2=N/C(=C\c3ccc4ncsc4c3)C(=O)N2)CC1. The molecule has 1 aliphatic heterocycles. The summed E-state index contributed by atoms with van der Waals surface area (Å²) < 4.78 is 6.58. The number of guanidine groups is 1. The van der Waals surface area contributed by atoms with Gasteiger partial charge in [0.1, 0.15) is 5.70 Å². The van der Waals surface area contributed by atoms with Gasteiger partial charge in [0.15, 0.2) is 0 Å². The number of carbonyl (C=O) groups excluding carboxylic acids is 1. The maximum Gasteiger partial charge on any atom is 0.276 e. The van der Waals surface area contributed by atoms with Crippen LogP contribution in [0.15, 0.2) is 34.4 Å². The second kappa shape index (κ2) is 7.55. The molecule has 26 heavy (non-hydrogen) atoms. The number of carbonyl (C=O) groups is 1. The Kier molecular flexibility index (Phi) is 4.99. The van der Waals surface area contributed by atoms with Crippen molar-refractivity contribution in [3.05, 3.63) is 35.0 Å². The summed E-state index contributed by atoms with van der Waals surface area (Å²) in [5.74, 6) is 0.390. The zero-order valence-electron chi connectivity index (χ0n) is 14.7. The van der Waals surface area contributed by atoms with E-state index < -0.39 is 0 Å². The summed E-state index contributed by atoms with van der Waals surface area (Å²) in [7, 11) is 1.78. The van der Waals surface area contributed by atoms with Crippen LogP contribution in [0.4, 0.5) is 0 Å². The van der Waals surface area contributed by atoms with Crippen LogP contribution in [0.5, 0.6) is 0 Å². The summed E-state index contributed by atoms with van der Waals surface area (Å²) in [6.45, 7) is 0. The molecule has 1 aliphatic carbocycles. The Hall–Kier alpha value is -2.25. The van der Waals surface area contributed by atoms with E-state index in [1.54, 1.807) is 18.4 Å². The lowest BCUT2D eigenvalue weighted by Gasteiger charge is -2.17. The van der Waals surface area contributed by atoms with Crippen LogP contribution in [0, 0.1) is 0 Å². The zero-order valence-corrected chi connectivity index (χ0v) is 15.5. The van der Waals surface area contributed by atoms with Crippen molar-refractivity contribution < 1.29 is 9.53 Å². The minimum absolute atomic E-state index is 0.166. The number of nitrogens with zero attached hydrogens (tertiary/aromatic N) is 2. The van der Waals surface area contributed by atoms with Gasteiger partial charge in [0, 0.05) is 13.2 Å². The molecule has 2 unspecified atom stereocenters. The standard InChI is InChI=1S/C19H22N4O2S/c1-25-14-4-2-3-13(6-7-14)21-19-22-16(18(24)23-19)9-12-5-8-15-17(10-12)26-11-20-15/h5,8-11,13-14H,2-4,6-7H2,1H3,(H2,21,22,23,24)/b16-9-. The van der Waals surface area contributed by atoms with Crippen LogP contribution in [-0.2, 0) is 9.53 Å². The number of aromatic nitrogens is 1. The fourth-order valence-electron chi connectivity index (χ4n) is 3.50. The van der Waals surface area contributed by atoms with E-state index in [2.05, 4.69) is 20.6 Å². The molecule has 2 heterocycles. The number of nitrogens with one attached hydrogen (secondary N) is 2. The van der Waals surface area contributed by atoms with Crippen LogP contribution in [-0.4, -0.2) is 36.1 Å². The Morgan fingerprint density at radius 1 is 1.31 bits per heavy atom. The van der Waals surface area contributed by atoms with E-state index >= 15 is 0 Å². The van der Waals surface area contributed by atoms with E-state index in [0.29, 0.717) is 23.8 Å². The first kappa shape index (κ1) is 17.2. The average Bonchev–Trinajstić information content (AvgIpc) is 3.16. The highest BCUT2D eigenvalue weighted by Crippen LogP contribution is 2.22. The van der Waals surface area contributed by atoms with E-state index in [4.69, 9.17) is 4.74 Å². The molecule has 4 rings (SSSR count). The first-order valence-corrected chi connectivity index (χ1v) is 9.83. The maximum atomic E-state index is 12.2. The Bertz CT molecular complexity index is 873. The van der Waals surface area contributed by atoms with E-state index in [-0.39, 0.29) is 5.91 Å². The Labute approximate surface area is 156 Å². The van der Waals surface area contributed by atoms with Gasteiger partial charge in [-0.1, -0.05) is 6.07 Å². The molecule has 1 aromatic carbocycles. The molecule has 2 aliphatic rings. The molecule has 0 radical (unpaired) electrons. The van der Waals surface area contributed by atoms with Crippen molar-refractivity contribution in [3.8, 4) is 0 Å². The second-order valence-electron chi connectivity index (χ2n) is 6.73. The number of hydrogen-bond donors (Lipinski definition) is 2. The van der Waals surface area contributed by atoms with Gasteiger partial charge in [-0.2, -0.15) is 0 Å². The van der Waals surface area contributed by atoms with Gasteiger partial charge in [0.25, 0.3) is 5.91 Å². The molecule has 0 saturated heterocycles. The Balaban J connectivity index is 1.46. The summed E-state index contributed by atoms with van der Waals surface area (Å²) in [6.07, 6.45) is 7.50. The fourth-order valence-corrected chi connectivity index (χ4v) is 4.22. The largest absolute Gasteiger partial charge is 0.381 e. The van der Waals surface area contributed by atoms with Crippen LogP contribution in [0.3, 0.4) is 0 Å². The van der Waals surface area contributed by atoms with Crippen LogP contribution < -0.4 is 10.6 Å². The Morgan fingerprint density at radius 2 is 2.23 bits per heavy atom. The minimum atomic E-state index is -0.166. The van der Waals surface area contributed by atoms with E-state index in [9.17, 15) is 4.79 Å². The van der Waals surface area contributed by atoms with Gasteiger partial charge in [-0.25, -0.2) is 9.98 Å². The van der Waals surface area contributed by atoms with Gasteiger partial charge < -0.3 is 10.1 Å². The van der Waals surface area contributed by atoms with Crippen LogP contribution in [0.2, 0.25) is 0 Å². The quantitative estimate of drug-likeness (QED) is 0.643. The summed E-state index contributed by atoms with van der Waals surface area (Å²) in [5, 5.41) is 6.23. The third kappa shape index (κ3) is 3.78. The first-order chi connectivity index (χ1) is 12.7. The van der Waals surface area contributed by atoms with Crippen LogP contribution >= 0.6 is 11.3 Å². The third-order valence-electron chi connectivity index (χ3n) is 4.95. The van der Waals surface area contributed by atoms with Crippen molar-refractivity contribution in [1.82, 2.24) is 15.6 Å². The van der Waals surface area contributed by atoms with Crippen molar-refractivity contribution in [3.63, 3.8) is 0 Å². The second-order valence-corrected chi connectivity index (χ2v) is 7.62. The molecular weight excluding hydrogens is 348 g/mol. The molecule has 2 N–H and O–H groups in total. The predicted molar refractivity (Wildman–Crippen MR) is 104 cm³/mol. The highest BCUT2D eigenvalue weighted by molar-refractivity contribution is 7.16. The van der Waals surface area contributed by atoms with Crippen molar-refractivity contribution in [2.45, 2.75) is 44.2 Å². The topological polar surface area (TPSA) is 75.6 Å². The van der Waals surface area contributed by atoms with E-state index in [0.717, 1.165) is 47.9 Å². The van der Waals surface area contributed by atoms with Gasteiger partial charge in [-0.05, 0) is 55.9 Å². The molecule has 1 saturated carbocycles. The lowest BCUT2D eigenvalue weighted by molar-refractivity contribution is -0.115. The molecule has 6 nitrogen and oxygen atoms in total. The van der Waals surface area contributed by atoms with Crippen molar-refractivity contribution >= 4 is 39.5 Å². The number of ether oxygens (including phenoxy) is 1. The molecule has 2 aromatic rings. The molecule has 0 spiro atoms. The van der Waals surface area contributed by atoms with Crippen molar-refractivity contribution in [2.24, 2.45) is 4.99 Å². The van der Waals surface area contributed by atoms with Gasteiger partial charge in [-0.15, -0.1) is 11.3 Å². The minimum Gasteiger partial charge on any atom is -0.381 e. The average molecular weight is 370 g/mol. The number of hydrogen-bond acceptors (Lipinski definition) is 6. The van der Waals surface area contributed by atoms with Gasteiger partial charge >= 0.3 is 0 Å². The maximum absolute atomic E-state index is 12.2. The molecule has 1 aromatic heterocycles. The third-order valence-corrected chi connectivity index (χ3v) is 5.74. The molecule has 0 bridgehead atoms. The molecule has 1 fully saturated rings. The van der Waals surface area contributed by atoms with E-state index in [1.807, 2.05) is 29.8 Å². The smallest absolute Gasteiger partial charge is 0.276 e. The lowest BCUT2D eigenvalue weighted by Crippen LogP contribution is -2.42. The van der Waals surface area contributed by atoms with E-state index in [1.165, 1.54) is 0 Å². The number of amides is 1. The zero-order chi connectivity index (χ0) is 17.9. The Morgan fingerprint density at radius 3 is 3.12 bits per heavy atom. The van der Waals surface area contributed by atoms with Gasteiger partial charge in [0.2, 0.25) is 5.96 Å². The van der Waals surface area contributed by atoms with Crippen molar-refractivity contribution in [2.75, 3.05) is 7.11 Å². The lowest BCUT2D eigenvalue weighted by atomic mass is 10.1. The van der Waals surface area contributed by atoms with Crippen LogP contribution in [0.1, 0.15) is 37.7 Å². The highest BCUT2D eigenvalue weighted by atomic mass is 32.1. The van der Waals surface area contributed by atoms with Gasteiger partial charge in [-0.3, -0.25) is 10.1 Å². The fraction of sp³-hybridized carbons (Fsp3) is 0.421. The summed E-state index contributed by atoms with van der Waals surface area (Å²) in [4.78, 5) is 21.0. The molecule has 2 atom stereocenters. The van der Waals surface area contributed by atoms with Crippen molar-refractivity contribution in [1.29, 1.82) is 0 Å². The van der Waals surface area contributed by atoms with Crippen LogP contribution in [0.25, 0.3) is 16.3 Å². The molecule has 7 heteroatoms. The monoisotopic (exact) mass is 370 g/mol. The number of fused-ring (bicyclic) bond motifs is 1. The highest BCUT2D eigenvalue weighted by Gasteiger charge is 2.24. The molecular formula is C19H22N4O2S. The number of thiazole rings is 1. The first-order valence-electron chi connectivity index (χ1n) is 8.95. The summed E-state index contributed by atoms with van der Waals surface area (Å²) >= 11 is 1.59. The number of methoxy groups -OCH3 is 1. The summed E-state index contributed by atoms with van der Waals surface area (Å²) in [5.41, 5.74) is 4.18.